The molecule has 0 radical (unpaired) electrons. The summed E-state index contributed by atoms with van der Waals surface area (Å²) in [4.78, 5) is 15.3. The molecule has 1 fully saturated rings. The van der Waals surface area contributed by atoms with E-state index in [2.05, 4.69) is 10.1 Å². The summed E-state index contributed by atoms with van der Waals surface area (Å²) in [5.74, 6) is -1.29. The van der Waals surface area contributed by atoms with E-state index in [0.717, 1.165) is 11.3 Å². The lowest BCUT2D eigenvalue weighted by Crippen LogP contribution is -2.41. The minimum absolute atomic E-state index is 0.0699. The van der Waals surface area contributed by atoms with E-state index in [-0.39, 0.29) is 6.42 Å². The van der Waals surface area contributed by atoms with Gasteiger partial charge in [-0.05, 0) is 45.4 Å². The third-order valence-electron chi connectivity index (χ3n) is 5.00. The number of rotatable bonds is 5. The molecule has 2 aromatic rings. The Morgan fingerprint density at radius 2 is 1.80 bits per heavy atom. The van der Waals surface area contributed by atoms with E-state index in [4.69, 9.17) is 9.31 Å². The first kappa shape index (κ1) is 17.6. The zero-order valence-electron chi connectivity index (χ0n) is 14.8. The molecule has 1 unspecified atom stereocenters. The molecular weight excluding hydrogens is 321 g/mol. The maximum absolute atomic E-state index is 11.4. The normalized spacial score (nSPS) is 19.8. The molecule has 132 valence electrons. The Bertz CT molecular complexity index is 728. The van der Waals surface area contributed by atoms with Gasteiger partial charge < -0.3 is 14.4 Å². The third kappa shape index (κ3) is 3.45. The number of hydrogen-bond donors (Lipinski definition) is 1. The molecule has 7 nitrogen and oxygen atoms in total. The van der Waals surface area contributed by atoms with Crippen LogP contribution in [0.4, 0.5) is 0 Å². The maximum atomic E-state index is 11.4. The second-order valence-corrected chi connectivity index (χ2v) is 7.26. The second kappa shape index (κ2) is 6.27. The van der Waals surface area contributed by atoms with Gasteiger partial charge in [-0.1, -0.05) is 12.1 Å². The maximum Gasteiger partial charge on any atom is 0.466 e. The fraction of sp³-hybridized carbons (Fsp3) is 0.471. The van der Waals surface area contributed by atoms with Crippen LogP contribution in [-0.4, -0.2) is 44.2 Å². The van der Waals surface area contributed by atoms with Gasteiger partial charge >= 0.3 is 13.1 Å². The highest BCUT2D eigenvalue weighted by atomic mass is 16.7. The summed E-state index contributed by atoms with van der Waals surface area (Å²) in [6, 6.07) is 7.53. The van der Waals surface area contributed by atoms with E-state index in [1.807, 2.05) is 52.0 Å². The topological polar surface area (TPSA) is 86.5 Å². The summed E-state index contributed by atoms with van der Waals surface area (Å²) in [5, 5.41) is 13.4. The fourth-order valence-corrected chi connectivity index (χ4v) is 2.83. The number of carboxylic acids is 1. The predicted molar refractivity (Wildman–Crippen MR) is 92.4 cm³/mol. The van der Waals surface area contributed by atoms with Crippen LogP contribution < -0.4 is 0 Å². The first-order valence-corrected chi connectivity index (χ1v) is 8.22. The summed E-state index contributed by atoms with van der Waals surface area (Å²) in [7, 11) is -0.613. The number of hydrogen-bond acceptors (Lipinski definition) is 5. The molecule has 1 aliphatic rings. The lowest BCUT2D eigenvalue weighted by atomic mass is 9.66. The number of carbonyl (C=O) groups is 1. The van der Waals surface area contributed by atoms with Crippen molar-refractivity contribution in [1.82, 2.24) is 14.8 Å². The Hall–Kier alpha value is -2.19. The van der Waals surface area contributed by atoms with Crippen LogP contribution in [0.1, 0.15) is 45.5 Å². The van der Waals surface area contributed by atoms with Crippen LogP contribution in [-0.2, 0) is 14.1 Å². The summed E-state index contributed by atoms with van der Waals surface area (Å²) in [5.41, 5.74) is 0.693. The summed E-state index contributed by atoms with van der Waals surface area (Å²) in [6.07, 6.45) is 3.00. The highest BCUT2D eigenvalue weighted by Gasteiger charge is 2.54. The summed E-state index contributed by atoms with van der Waals surface area (Å²) < 4.78 is 13.8. The Kier molecular flexibility index (Phi) is 4.42. The van der Waals surface area contributed by atoms with Crippen molar-refractivity contribution in [2.24, 2.45) is 0 Å². The molecule has 1 atom stereocenters. The van der Waals surface area contributed by atoms with E-state index in [1.165, 1.54) is 6.33 Å². The van der Waals surface area contributed by atoms with Gasteiger partial charge in [0.05, 0.1) is 23.3 Å². The quantitative estimate of drug-likeness (QED) is 0.840. The van der Waals surface area contributed by atoms with Gasteiger partial charge in [-0.15, -0.1) is 0 Å². The standard InChI is InChI=1S/C17H22BN3O4/c1-16(2)17(3,4)25-18(24-16)14(9-15(22)23)12-5-7-13(8-6-12)21-11-19-10-20-21/h5-8,10-11,14H,9H2,1-4H3,(H,22,23). The van der Waals surface area contributed by atoms with Crippen molar-refractivity contribution in [2.75, 3.05) is 0 Å². The number of aromatic nitrogens is 3. The van der Waals surface area contributed by atoms with Crippen LogP contribution in [0.25, 0.3) is 5.69 Å². The van der Waals surface area contributed by atoms with Gasteiger partial charge in [-0.3, -0.25) is 4.79 Å². The molecule has 1 aromatic heterocycles. The molecule has 8 heteroatoms. The van der Waals surface area contributed by atoms with E-state index >= 15 is 0 Å². The van der Waals surface area contributed by atoms with Gasteiger partial charge in [0.1, 0.15) is 12.7 Å². The first-order chi connectivity index (χ1) is 11.7. The van der Waals surface area contributed by atoms with E-state index in [9.17, 15) is 9.90 Å². The molecule has 0 bridgehead atoms. The SMILES string of the molecule is CC1(C)OB(C(CC(=O)O)c2ccc(-n3cncn3)cc2)OC1(C)C. The van der Waals surface area contributed by atoms with Gasteiger partial charge in [0.2, 0.25) is 0 Å². The van der Waals surface area contributed by atoms with Crippen molar-refractivity contribution in [3.05, 3.63) is 42.5 Å². The number of benzene rings is 1. The van der Waals surface area contributed by atoms with E-state index in [0.29, 0.717) is 0 Å². The van der Waals surface area contributed by atoms with Crippen molar-refractivity contribution in [3.63, 3.8) is 0 Å². The van der Waals surface area contributed by atoms with Crippen LogP contribution in [0, 0.1) is 0 Å². The Morgan fingerprint density at radius 3 is 2.28 bits per heavy atom. The predicted octanol–water partition coefficient (Wildman–Crippen LogP) is 2.46. The zero-order valence-corrected chi connectivity index (χ0v) is 14.8. The molecule has 1 aromatic carbocycles. The number of aliphatic carboxylic acids is 1. The zero-order chi connectivity index (χ0) is 18.2. The Labute approximate surface area is 147 Å². The smallest absolute Gasteiger partial charge is 0.466 e. The highest BCUT2D eigenvalue weighted by molar-refractivity contribution is 6.48. The van der Waals surface area contributed by atoms with Crippen molar-refractivity contribution >= 4 is 13.1 Å². The van der Waals surface area contributed by atoms with Gasteiger partial charge in [-0.2, -0.15) is 5.10 Å². The second-order valence-electron chi connectivity index (χ2n) is 7.26. The average Bonchev–Trinajstić information content (AvgIpc) is 3.12. The molecular formula is C17H22BN3O4. The molecule has 0 aliphatic carbocycles. The molecule has 2 heterocycles. The fourth-order valence-electron chi connectivity index (χ4n) is 2.83. The summed E-state index contributed by atoms with van der Waals surface area (Å²) in [6.45, 7) is 7.83. The third-order valence-corrected chi connectivity index (χ3v) is 5.00. The number of nitrogens with zero attached hydrogens (tertiary/aromatic N) is 3. The Balaban J connectivity index is 1.88. The molecule has 1 saturated heterocycles. The molecule has 0 amide bonds. The molecule has 1 N–H and O–H groups in total. The molecule has 0 saturated carbocycles. The van der Waals surface area contributed by atoms with Crippen molar-refractivity contribution in [1.29, 1.82) is 0 Å². The van der Waals surface area contributed by atoms with Crippen LogP contribution >= 0.6 is 0 Å². The van der Waals surface area contributed by atoms with Crippen LogP contribution in [0.5, 0.6) is 0 Å². The van der Waals surface area contributed by atoms with Gasteiger partial charge in [0.15, 0.2) is 0 Å². The molecule has 3 rings (SSSR count). The number of carboxylic acid groups (broad SMARTS) is 1. The van der Waals surface area contributed by atoms with Crippen LogP contribution in [0.15, 0.2) is 36.9 Å². The van der Waals surface area contributed by atoms with Gasteiger partial charge in [-0.25, -0.2) is 9.67 Å². The monoisotopic (exact) mass is 343 g/mol. The molecule has 1 aliphatic heterocycles. The first-order valence-electron chi connectivity index (χ1n) is 8.22. The lowest BCUT2D eigenvalue weighted by Gasteiger charge is -2.32. The average molecular weight is 343 g/mol. The van der Waals surface area contributed by atoms with E-state index in [1.54, 1.807) is 11.0 Å². The Morgan fingerprint density at radius 1 is 1.20 bits per heavy atom. The van der Waals surface area contributed by atoms with Crippen LogP contribution in [0.2, 0.25) is 0 Å². The summed E-state index contributed by atoms with van der Waals surface area (Å²) >= 11 is 0. The van der Waals surface area contributed by atoms with Crippen molar-refractivity contribution < 1.29 is 19.2 Å². The van der Waals surface area contributed by atoms with E-state index < -0.39 is 30.1 Å². The van der Waals surface area contributed by atoms with Gasteiger partial charge in [0, 0.05) is 5.82 Å². The van der Waals surface area contributed by atoms with Crippen molar-refractivity contribution in [2.45, 2.75) is 51.1 Å². The molecule has 25 heavy (non-hydrogen) atoms. The lowest BCUT2D eigenvalue weighted by molar-refractivity contribution is -0.137. The minimum atomic E-state index is -0.889. The van der Waals surface area contributed by atoms with Gasteiger partial charge in [0.25, 0.3) is 0 Å². The molecule has 0 spiro atoms. The highest BCUT2D eigenvalue weighted by Crippen LogP contribution is 2.41. The van der Waals surface area contributed by atoms with Crippen molar-refractivity contribution in [3.8, 4) is 5.69 Å². The largest absolute Gasteiger partial charge is 0.481 e. The minimum Gasteiger partial charge on any atom is -0.481 e. The van der Waals surface area contributed by atoms with Crippen LogP contribution in [0.3, 0.4) is 0 Å².